The van der Waals surface area contributed by atoms with Crippen molar-refractivity contribution in [3.05, 3.63) is 30.6 Å². The number of fused-ring (bicyclic) bond motifs is 1. The second kappa shape index (κ2) is 3.96. The first-order valence-corrected chi connectivity index (χ1v) is 4.74. The van der Waals surface area contributed by atoms with E-state index in [1.54, 1.807) is 0 Å². The Hall–Kier alpha value is -1.46. The largest absolute Gasteiger partial charge is 0.366 e. The summed E-state index contributed by atoms with van der Waals surface area (Å²) in [4.78, 5) is 4.13. The Labute approximate surface area is 95.9 Å². The highest BCUT2D eigenvalue weighted by Crippen LogP contribution is 2.11. The summed E-state index contributed by atoms with van der Waals surface area (Å²) in [7, 11) is 0. The minimum absolute atomic E-state index is 0.0264. The molecule has 0 spiro atoms. The third-order valence-corrected chi connectivity index (χ3v) is 2.16. The second-order valence-corrected chi connectivity index (χ2v) is 3.62. The predicted molar refractivity (Wildman–Crippen MR) is 60.3 cm³/mol. The molecule has 0 aliphatic rings. The molecule has 1 heterocycles. The van der Waals surface area contributed by atoms with E-state index in [0.717, 1.165) is 11.0 Å². The van der Waals surface area contributed by atoms with Gasteiger partial charge in [0.15, 0.2) is 0 Å². The Morgan fingerprint density at radius 3 is 2.87 bits per heavy atom. The predicted octanol–water partition coefficient (Wildman–Crippen LogP) is 1.72. The van der Waals surface area contributed by atoms with Crippen molar-refractivity contribution in [1.29, 1.82) is 0 Å². The van der Waals surface area contributed by atoms with Crippen LogP contribution in [0.4, 0.5) is 0 Å². The molecule has 15 heavy (non-hydrogen) atoms. The van der Waals surface area contributed by atoms with Gasteiger partial charge in [-0.25, -0.2) is 9.66 Å². The van der Waals surface area contributed by atoms with Gasteiger partial charge in [-0.2, -0.15) is 3.94 Å². The molecule has 2 rings (SSSR count). The number of hydrogen-bond donors (Lipinski definition) is 1. The standard InChI is InChI=1S/C8H7Cl2N5/c9-15(10)8(11)13-14-5-12-6-3-1-2-4-7(6)14/h1-5H,(H2,11,13). The summed E-state index contributed by atoms with van der Waals surface area (Å²) in [6.07, 6.45) is 1.54. The number of rotatable bonds is 1. The van der Waals surface area contributed by atoms with E-state index in [-0.39, 0.29) is 5.96 Å². The summed E-state index contributed by atoms with van der Waals surface area (Å²) in [6, 6.07) is 7.51. The zero-order valence-corrected chi connectivity index (χ0v) is 9.02. The van der Waals surface area contributed by atoms with Crippen LogP contribution in [0.15, 0.2) is 35.7 Å². The summed E-state index contributed by atoms with van der Waals surface area (Å²) in [5.41, 5.74) is 7.12. The van der Waals surface area contributed by atoms with Crippen molar-refractivity contribution in [2.45, 2.75) is 0 Å². The molecule has 0 unspecified atom stereocenters. The first-order chi connectivity index (χ1) is 7.18. The van der Waals surface area contributed by atoms with Gasteiger partial charge in [0, 0.05) is 23.6 Å². The van der Waals surface area contributed by atoms with Crippen LogP contribution in [-0.4, -0.2) is 19.6 Å². The minimum Gasteiger partial charge on any atom is -0.366 e. The van der Waals surface area contributed by atoms with Gasteiger partial charge < -0.3 is 5.73 Å². The van der Waals surface area contributed by atoms with E-state index >= 15 is 0 Å². The highest BCUT2D eigenvalue weighted by molar-refractivity contribution is 6.41. The third kappa shape index (κ3) is 1.98. The fourth-order valence-corrected chi connectivity index (χ4v) is 1.24. The molecule has 0 aliphatic heterocycles. The monoisotopic (exact) mass is 243 g/mol. The van der Waals surface area contributed by atoms with E-state index in [2.05, 4.69) is 10.1 Å². The van der Waals surface area contributed by atoms with Crippen LogP contribution in [0.2, 0.25) is 0 Å². The van der Waals surface area contributed by atoms with Crippen LogP contribution >= 0.6 is 23.6 Å². The zero-order chi connectivity index (χ0) is 10.8. The number of guanidine groups is 1. The first kappa shape index (κ1) is 10.1. The van der Waals surface area contributed by atoms with Gasteiger partial charge in [-0.15, -0.1) is 5.10 Å². The maximum atomic E-state index is 5.46. The van der Waals surface area contributed by atoms with Gasteiger partial charge in [0.05, 0.1) is 11.0 Å². The summed E-state index contributed by atoms with van der Waals surface area (Å²) < 4.78 is 2.19. The molecule has 1 aromatic carbocycles. The average Bonchev–Trinajstić information content (AvgIpc) is 2.62. The maximum Gasteiger partial charge on any atom is 0.244 e. The van der Waals surface area contributed by atoms with Crippen molar-refractivity contribution in [2.24, 2.45) is 10.8 Å². The number of benzene rings is 1. The normalized spacial score (nSPS) is 12.0. The molecule has 0 aliphatic carbocycles. The molecule has 0 radical (unpaired) electrons. The molecule has 0 saturated heterocycles. The molecule has 2 aromatic rings. The highest BCUT2D eigenvalue weighted by Gasteiger charge is 2.03. The topological polar surface area (TPSA) is 59.4 Å². The Balaban J connectivity index is 2.49. The Morgan fingerprint density at radius 2 is 2.13 bits per heavy atom. The van der Waals surface area contributed by atoms with Crippen molar-refractivity contribution >= 4 is 40.5 Å². The van der Waals surface area contributed by atoms with Crippen LogP contribution in [0.3, 0.4) is 0 Å². The van der Waals surface area contributed by atoms with Gasteiger partial charge in [-0.05, 0) is 12.1 Å². The van der Waals surface area contributed by atoms with E-state index in [9.17, 15) is 0 Å². The molecule has 0 atom stereocenters. The number of imidazole rings is 1. The van der Waals surface area contributed by atoms with Crippen LogP contribution in [0.25, 0.3) is 11.0 Å². The van der Waals surface area contributed by atoms with Gasteiger partial charge in [-0.3, -0.25) is 0 Å². The van der Waals surface area contributed by atoms with E-state index in [1.807, 2.05) is 24.3 Å². The van der Waals surface area contributed by atoms with E-state index in [4.69, 9.17) is 29.3 Å². The lowest BCUT2D eigenvalue weighted by Gasteiger charge is -2.03. The lowest BCUT2D eigenvalue weighted by atomic mass is 10.3. The molecule has 0 fully saturated rings. The smallest absolute Gasteiger partial charge is 0.244 e. The fraction of sp³-hybridized carbons (Fsp3) is 0. The van der Waals surface area contributed by atoms with Crippen LogP contribution in [0.1, 0.15) is 0 Å². The quantitative estimate of drug-likeness (QED) is 0.472. The molecule has 1 aromatic heterocycles. The van der Waals surface area contributed by atoms with Crippen molar-refractivity contribution in [3.8, 4) is 0 Å². The van der Waals surface area contributed by atoms with Gasteiger partial charge in [0.2, 0.25) is 5.96 Å². The van der Waals surface area contributed by atoms with Crippen LogP contribution in [-0.2, 0) is 0 Å². The van der Waals surface area contributed by atoms with Crippen molar-refractivity contribution in [3.63, 3.8) is 0 Å². The van der Waals surface area contributed by atoms with Gasteiger partial charge >= 0.3 is 0 Å². The number of hydrogen-bond acceptors (Lipinski definition) is 2. The fourth-order valence-electron chi connectivity index (χ4n) is 1.17. The summed E-state index contributed by atoms with van der Waals surface area (Å²) in [6.45, 7) is 0. The number of aromatic nitrogens is 2. The molecule has 78 valence electrons. The molecule has 5 nitrogen and oxygen atoms in total. The Morgan fingerprint density at radius 1 is 1.40 bits per heavy atom. The lowest BCUT2D eigenvalue weighted by molar-refractivity contribution is 0.866. The van der Waals surface area contributed by atoms with E-state index < -0.39 is 0 Å². The van der Waals surface area contributed by atoms with Gasteiger partial charge in [0.25, 0.3) is 0 Å². The maximum absolute atomic E-state index is 5.46. The number of para-hydroxylation sites is 2. The first-order valence-electron chi connectivity index (χ1n) is 4.06. The molecule has 0 bridgehead atoms. The molecule has 2 N–H and O–H groups in total. The van der Waals surface area contributed by atoms with Crippen LogP contribution in [0.5, 0.6) is 0 Å². The van der Waals surface area contributed by atoms with Crippen molar-refractivity contribution in [1.82, 2.24) is 13.6 Å². The van der Waals surface area contributed by atoms with Crippen LogP contribution in [0, 0.1) is 0 Å². The highest BCUT2D eigenvalue weighted by atomic mass is 35.5. The molecule has 0 saturated carbocycles. The van der Waals surface area contributed by atoms with Crippen LogP contribution < -0.4 is 5.73 Å². The molecular formula is C8H7Cl2N5. The van der Waals surface area contributed by atoms with E-state index in [0.29, 0.717) is 3.94 Å². The van der Waals surface area contributed by atoms with Gasteiger partial charge in [-0.1, -0.05) is 12.1 Å². The Bertz CT molecular complexity index is 504. The lowest BCUT2D eigenvalue weighted by Crippen LogP contribution is -2.23. The number of nitrogens with two attached hydrogens (primary N) is 1. The minimum atomic E-state index is -0.0264. The van der Waals surface area contributed by atoms with Crippen molar-refractivity contribution < 1.29 is 0 Å². The molecule has 7 heteroatoms. The average molecular weight is 244 g/mol. The van der Waals surface area contributed by atoms with Crippen molar-refractivity contribution in [2.75, 3.05) is 0 Å². The summed E-state index contributed by atoms with van der Waals surface area (Å²) in [5.74, 6) is -0.0264. The Kier molecular flexibility index (Phi) is 2.66. The summed E-state index contributed by atoms with van der Waals surface area (Å²) >= 11 is 10.8. The second-order valence-electron chi connectivity index (χ2n) is 2.77. The summed E-state index contributed by atoms with van der Waals surface area (Å²) in [5, 5.41) is 3.96. The molecule has 0 amide bonds. The van der Waals surface area contributed by atoms with E-state index in [1.165, 1.54) is 11.0 Å². The zero-order valence-electron chi connectivity index (χ0n) is 7.51. The number of nitrogens with zero attached hydrogens (tertiary/aromatic N) is 4. The van der Waals surface area contributed by atoms with Gasteiger partial charge in [0.1, 0.15) is 6.33 Å². The molecular weight excluding hydrogens is 237 g/mol. The third-order valence-electron chi connectivity index (χ3n) is 1.82. The number of halogens is 2. The SMILES string of the molecule is N/C(=N\n1cnc2ccccc21)N(Cl)Cl.